The van der Waals surface area contributed by atoms with Crippen molar-refractivity contribution in [3.05, 3.63) is 70.0 Å². The highest BCUT2D eigenvalue weighted by Gasteiger charge is 2.22. The maximum Gasteiger partial charge on any atom is 0.417 e. The van der Waals surface area contributed by atoms with Crippen LogP contribution in [0.1, 0.15) is 22.3 Å². The molecule has 4 rings (SSSR count). The van der Waals surface area contributed by atoms with Gasteiger partial charge in [-0.25, -0.2) is 14.0 Å². The number of amides is 1. The van der Waals surface area contributed by atoms with Gasteiger partial charge in [0, 0.05) is 51.1 Å². The minimum Gasteiger partial charge on any atom is -0.449 e. The molecule has 0 spiro atoms. The van der Waals surface area contributed by atoms with Gasteiger partial charge < -0.3 is 14.1 Å². The number of rotatable bonds is 7. The Morgan fingerprint density at radius 3 is 2.56 bits per heavy atom. The highest BCUT2D eigenvalue weighted by atomic mass is 19.1. The zero-order chi connectivity index (χ0) is 22.5. The van der Waals surface area contributed by atoms with Gasteiger partial charge in [0.1, 0.15) is 5.82 Å². The van der Waals surface area contributed by atoms with E-state index < -0.39 is 5.76 Å². The van der Waals surface area contributed by atoms with Gasteiger partial charge in [-0.2, -0.15) is 0 Å². The lowest BCUT2D eigenvalue weighted by atomic mass is 10.1. The molecule has 1 fully saturated rings. The summed E-state index contributed by atoms with van der Waals surface area (Å²) < 4.78 is 23.3. The lowest BCUT2D eigenvalue weighted by molar-refractivity contribution is 0.0742. The van der Waals surface area contributed by atoms with E-state index in [-0.39, 0.29) is 24.3 Å². The van der Waals surface area contributed by atoms with Crippen LogP contribution < -0.4 is 5.76 Å². The average Bonchev–Trinajstić information content (AvgIpc) is 3.18. The smallest absolute Gasteiger partial charge is 0.417 e. The van der Waals surface area contributed by atoms with Gasteiger partial charge in [-0.15, -0.1) is 0 Å². The SMILES string of the molecule is O=C(CCN1CCN(C(=O)OCCc2ccc(F)cc2)CC1)c1ccc2[nH]c(=O)oc2c1. The second-order valence-corrected chi connectivity index (χ2v) is 7.72. The first-order valence-electron chi connectivity index (χ1n) is 10.5. The molecule has 8 nitrogen and oxygen atoms in total. The number of benzene rings is 2. The van der Waals surface area contributed by atoms with Gasteiger partial charge in [-0.3, -0.25) is 14.7 Å². The second kappa shape index (κ2) is 9.78. The van der Waals surface area contributed by atoms with E-state index in [1.807, 2.05) is 0 Å². The molecule has 1 saturated heterocycles. The molecule has 168 valence electrons. The summed E-state index contributed by atoms with van der Waals surface area (Å²) in [5.74, 6) is -0.866. The minimum atomic E-state index is -0.545. The van der Waals surface area contributed by atoms with Gasteiger partial charge >= 0.3 is 11.8 Å². The zero-order valence-electron chi connectivity index (χ0n) is 17.5. The lowest BCUT2D eigenvalue weighted by Gasteiger charge is -2.33. The lowest BCUT2D eigenvalue weighted by Crippen LogP contribution is -2.49. The highest BCUT2D eigenvalue weighted by Crippen LogP contribution is 2.14. The third-order valence-corrected chi connectivity index (χ3v) is 5.56. The molecule has 1 aliphatic rings. The largest absolute Gasteiger partial charge is 0.449 e. The number of H-pyrrole nitrogens is 1. The van der Waals surface area contributed by atoms with Crippen LogP contribution in [0, 0.1) is 5.82 Å². The Balaban J connectivity index is 1.17. The van der Waals surface area contributed by atoms with Crippen molar-refractivity contribution in [3.63, 3.8) is 0 Å². The van der Waals surface area contributed by atoms with Crippen molar-refractivity contribution in [1.82, 2.24) is 14.8 Å². The standard InChI is InChI=1S/C23H24FN3O5/c24-18-4-1-16(2-5-18)8-14-31-23(30)27-12-10-26(11-13-27)9-7-20(28)17-3-6-19-21(15-17)32-22(29)25-19/h1-6,15H,7-14H2,(H,25,29). The maximum absolute atomic E-state index is 12.9. The molecule has 0 radical (unpaired) electrons. The van der Waals surface area contributed by atoms with E-state index in [0.717, 1.165) is 5.56 Å². The molecule has 2 heterocycles. The van der Waals surface area contributed by atoms with Crippen molar-refractivity contribution in [2.75, 3.05) is 39.3 Å². The van der Waals surface area contributed by atoms with Crippen LogP contribution in [-0.2, 0) is 11.2 Å². The predicted octanol–water partition coefficient (Wildman–Crippen LogP) is 2.83. The van der Waals surface area contributed by atoms with Crippen LogP contribution in [0.15, 0.2) is 51.7 Å². The van der Waals surface area contributed by atoms with E-state index in [4.69, 9.17) is 9.15 Å². The van der Waals surface area contributed by atoms with E-state index >= 15 is 0 Å². The molecule has 1 aromatic heterocycles. The molecule has 1 amide bonds. The van der Waals surface area contributed by atoms with Gasteiger partial charge in [0.25, 0.3) is 0 Å². The number of Topliss-reactive ketones (excluding diaryl/α,β-unsaturated/α-hetero) is 1. The number of nitrogens with zero attached hydrogens (tertiary/aromatic N) is 2. The minimum absolute atomic E-state index is 0.0293. The Labute approximate surface area is 183 Å². The van der Waals surface area contributed by atoms with Crippen LogP contribution in [0.2, 0.25) is 0 Å². The molecule has 1 N–H and O–H groups in total. The molecule has 3 aromatic rings. The van der Waals surface area contributed by atoms with Gasteiger partial charge in [0.2, 0.25) is 0 Å². The van der Waals surface area contributed by atoms with E-state index in [9.17, 15) is 18.8 Å². The summed E-state index contributed by atoms with van der Waals surface area (Å²) in [6.07, 6.45) is 0.512. The molecular weight excluding hydrogens is 417 g/mol. The first-order chi connectivity index (χ1) is 15.5. The number of halogens is 1. The van der Waals surface area contributed by atoms with Crippen molar-refractivity contribution in [2.24, 2.45) is 0 Å². The summed E-state index contributed by atoms with van der Waals surface area (Å²) in [7, 11) is 0. The summed E-state index contributed by atoms with van der Waals surface area (Å²) in [4.78, 5) is 42.3. The summed E-state index contributed by atoms with van der Waals surface area (Å²) in [5, 5.41) is 0. The average molecular weight is 441 g/mol. The topological polar surface area (TPSA) is 95.9 Å². The Morgan fingerprint density at radius 1 is 1.06 bits per heavy atom. The molecule has 0 atom stereocenters. The molecule has 0 saturated carbocycles. The summed E-state index contributed by atoms with van der Waals surface area (Å²) >= 11 is 0. The molecule has 32 heavy (non-hydrogen) atoms. The van der Waals surface area contributed by atoms with Gasteiger partial charge in [-0.1, -0.05) is 12.1 Å². The third kappa shape index (κ3) is 5.42. The maximum atomic E-state index is 12.9. The van der Waals surface area contributed by atoms with Gasteiger partial charge in [0.05, 0.1) is 12.1 Å². The highest BCUT2D eigenvalue weighted by molar-refractivity contribution is 5.98. The number of piperazine rings is 1. The Kier molecular flexibility index (Phi) is 6.65. The van der Waals surface area contributed by atoms with Crippen LogP contribution in [-0.4, -0.2) is 66.0 Å². The number of hydrogen-bond acceptors (Lipinski definition) is 6. The fourth-order valence-corrected chi connectivity index (χ4v) is 3.68. The van der Waals surface area contributed by atoms with Crippen molar-refractivity contribution in [3.8, 4) is 0 Å². The molecular formula is C23H24FN3O5. The number of carbonyl (C=O) groups excluding carboxylic acids is 2. The molecule has 2 aromatic carbocycles. The quantitative estimate of drug-likeness (QED) is 0.567. The van der Waals surface area contributed by atoms with Gasteiger partial charge in [-0.05, 0) is 35.9 Å². The van der Waals surface area contributed by atoms with E-state index in [2.05, 4.69) is 9.88 Å². The predicted molar refractivity (Wildman–Crippen MR) is 115 cm³/mol. The third-order valence-electron chi connectivity index (χ3n) is 5.56. The van der Waals surface area contributed by atoms with Crippen LogP contribution in [0.25, 0.3) is 11.1 Å². The molecule has 9 heteroatoms. The number of ketones is 1. The summed E-state index contributed by atoms with van der Waals surface area (Å²) in [6, 6.07) is 11.0. The number of fused-ring (bicyclic) bond motifs is 1. The Hall–Kier alpha value is -3.46. The first kappa shape index (κ1) is 21.8. The molecule has 0 bridgehead atoms. The number of ether oxygens (including phenoxy) is 1. The number of carbonyl (C=O) groups is 2. The number of hydrogen-bond donors (Lipinski definition) is 1. The van der Waals surface area contributed by atoms with Crippen molar-refractivity contribution < 1.29 is 23.1 Å². The second-order valence-electron chi connectivity index (χ2n) is 7.72. The summed E-state index contributed by atoms with van der Waals surface area (Å²) in [6.45, 7) is 3.21. The molecule has 0 unspecified atom stereocenters. The summed E-state index contributed by atoms with van der Waals surface area (Å²) in [5.41, 5.74) is 2.34. The van der Waals surface area contributed by atoms with Crippen molar-refractivity contribution in [1.29, 1.82) is 0 Å². The van der Waals surface area contributed by atoms with E-state index in [0.29, 0.717) is 62.2 Å². The van der Waals surface area contributed by atoms with E-state index in [1.54, 1.807) is 35.2 Å². The van der Waals surface area contributed by atoms with Crippen molar-refractivity contribution in [2.45, 2.75) is 12.8 Å². The number of oxazole rings is 1. The Bertz CT molecular complexity index is 1150. The first-order valence-corrected chi connectivity index (χ1v) is 10.5. The monoisotopic (exact) mass is 441 g/mol. The van der Waals surface area contributed by atoms with Crippen LogP contribution in [0.3, 0.4) is 0 Å². The Morgan fingerprint density at radius 2 is 1.81 bits per heavy atom. The number of nitrogens with one attached hydrogen (secondary N) is 1. The fourth-order valence-electron chi connectivity index (χ4n) is 3.68. The normalized spacial score (nSPS) is 14.6. The fraction of sp³-hybridized carbons (Fsp3) is 0.348. The van der Waals surface area contributed by atoms with Crippen LogP contribution in [0.5, 0.6) is 0 Å². The van der Waals surface area contributed by atoms with Gasteiger partial charge in [0.15, 0.2) is 11.4 Å². The number of aromatic amines is 1. The van der Waals surface area contributed by atoms with Crippen LogP contribution in [0.4, 0.5) is 9.18 Å². The number of aromatic nitrogens is 1. The van der Waals surface area contributed by atoms with Crippen LogP contribution >= 0.6 is 0 Å². The van der Waals surface area contributed by atoms with E-state index in [1.165, 1.54) is 12.1 Å². The van der Waals surface area contributed by atoms with Crippen molar-refractivity contribution >= 4 is 23.0 Å². The molecule has 0 aliphatic carbocycles. The zero-order valence-corrected chi connectivity index (χ0v) is 17.5. The molecule has 1 aliphatic heterocycles.